The number of hydrogen-bond acceptors (Lipinski definition) is 4. The second-order valence-electron chi connectivity index (χ2n) is 5.89. The molecular weight excluding hydrogens is 268 g/mol. The fraction of sp³-hybridized carbons (Fsp3) is 0.375. The Bertz CT molecular complexity index is 697. The van der Waals surface area contributed by atoms with E-state index in [1.807, 2.05) is 43.0 Å². The summed E-state index contributed by atoms with van der Waals surface area (Å²) in [4.78, 5) is 18.1. The minimum atomic E-state index is -0.951. The fourth-order valence-corrected chi connectivity index (χ4v) is 2.70. The van der Waals surface area contributed by atoms with Gasteiger partial charge >= 0.3 is 5.97 Å². The molecule has 1 N–H and O–H groups in total. The quantitative estimate of drug-likeness (QED) is 0.919. The minimum Gasteiger partial charge on any atom is -0.478 e. The molecule has 5 nitrogen and oxygen atoms in total. The third kappa shape index (κ3) is 2.69. The molecule has 0 radical (unpaired) electrons. The van der Waals surface area contributed by atoms with E-state index in [0.29, 0.717) is 25.5 Å². The van der Waals surface area contributed by atoms with E-state index >= 15 is 0 Å². The van der Waals surface area contributed by atoms with Crippen molar-refractivity contribution in [2.24, 2.45) is 0 Å². The van der Waals surface area contributed by atoms with E-state index in [9.17, 15) is 9.90 Å². The molecule has 0 spiro atoms. The van der Waals surface area contributed by atoms with Gasteiger partial charge in [0.25, 0.3) is 0 Å². The molecule has 0 atom stereocenters. The van der Waals surface area contributed by atoms with E-state index in [-0.39, 0.29) is 11.2 Å². The Labute approximate surface area is 123 Å². The number of fused-ring (bicyclic) bond motifs is 1. The van der Waals surface area contributed by atoms with Crippen molar-refractivity contribution in [3.63, 3.8) is 0 Å². The average Bonchev–Trinajstić information content (AvgIpc) is 2.44. The number of carbonyl (C=O) groups is 1. The zero-order valence-corrected chi connectivity index (χ0v) is 12.2. The lowest BCUT2D eigenvalue weighted by Crippen LogP contribution is -2.49. The summed E-state index contributed by atoms with van der Waals surface area (Å²) in [6.07, 6.45) is 0. The number of para-hydroxylation sites is 1. The van der Waals surface area contributed by atoms with Gasteiger partial charge in [-0.25, -0.2) is 9.78 Å². The number of morpholine rings is 1. The highest BCUT2D eigenvalue weighted by atomic mass is 16.5. The van der Waals surface area contributed by atoms with E-state index in [4.69, 9.17) is 4.74 Å². The molecule has 0 aliphatic carbocycles. The molecule has 5 heteroatoms. The van der Waals surface area contributed by atoms with Gasteiger partial charge in [0.15, 0.2) is 0 Å². The maximum absolute atomic E-state index is 11.6. The molecule has 1 aliphatic rings. The smallest absolute Gasteiger partial charge is 0.339 e. The number of rotatable bonds is 2. The molecule has 1 fully saturated rings. The van der Waals surface area contributed by atoms with Gasteiger partial charge in [0.05, 0.1) is 17.7 Å². The van der Waals surface area contributed by atoms with Crippen LogP contribution in [0.4, 0.5) is 5.82 Å². The van der Waals surface area contributed by atoms with Gasteiger partial charge in [0.1, 0.15) is 11.4 Å². The van der Waals surface area contributed by atoms with Gasteiger partial charge in [-0.3, -0.25) is 0 Å². The Morgan fingerprint density at radius 2 is 2.14 bits per heavy atom. The predicted octanol–water partition coefficient (Wildman–Crippen LogP) is 2.55. The largest absolute Gasteiger partial charge is 0.478 e. The summed E-state index contributed by atoms with van der Waals surface area (Å²) in [5, 5.41) is 10.3. The number of hydrogen-bond donors (Lipinski definition) is 1. The third-order valence-electron chi connectivity index (χ3n) is 3.66. The molecule has 110 valence electrons. The Kier molecular flexibility index (Phi) is 3.29. The number of aromatic nitrogens is 1. The van der Waals surface area contributed by atoms with Gasteiger partial charge < -0.3 is 14.7 Å². The topological polar surface area (TPSA) is 62.7 Å². The average molecular weight is 286 g/mol. The molecule has 0 amide bonds. The van der Waals surface area contributed by atoms with E-state index < -0.39 is 5.97 Å². The molecule has 21 heavy (non-hydrogen) atoms. The van der Waals surface area contributed by atoms with Crippen LogP contribution in [0.3, 0.4) is 0 Å². The standard InChI is InChI=1S/C16H18N2O3/c1-16(2)10-18(7-8-21-16)14-12(15(19)20)9-11-5-3-4-6-13(11)17-14/h3-6,9H,7-8,10H2,1-2H3,(H,19,20). The lowest BCUT2D eigenvalue weighted by Gasteiger charge is -2.39. The van der Waals surface area contributed by atoms with Crippen LogP contribution in [-0.2, 0) is 4.74 Å². The number of carboxylic acid groups (broad SMARTS) is 1. The first-order chi connectivity index (χ1) is 9.96. The monoisotopic (exact) mass is 286 g/mol. The highest BCUT2D eigenvalue weighted by Crippen LogP contribution is 2.27. The van der Waals surface area contributed by atoms with Gasteiger partial charge in [-0.05, 0) is 26.0 Å². The zero-order valence-electron chi connectivity index (χ0n) is 12.2. The Morgan fingerprint density at radius 1 is 1.38 bits per heavy atom. The van der Waals surface area contributed by atoms with Gasteiger partial charge in [-0.1, -0.05) is 18.2 Å². The molecule has 2 aromatic rings. The lowest BCUT2D eigenvalue weighted by molar-refractivity contribution is -0.0279. The molecule has 1 saturated heterocycles. The van der Waals surface area contributed by atoms with Crippen LogP contribution in [0.1, 0.15) is 24.2 Å². The Morgan fingerprint density at radius 3 is 2.86 bits per heavy atom. The highest BCUT2D eigenvalue weighted by molar-refractivity contribution is 5.98. The summed E-state index contributed by atoms with van der Waals surface area (Å²) in [6.45, 7) is 5.84. The van der Waals surface area contributed by atoms with Crippen LogP contribution in [-0.4, -0.2) is 41.4 Å². The summed E-state index contributed by atoms with van der Waals surface area (Å²) in [5.41, 5.74) is 0.745. The molecule has 2 heterocycles. The second kappa shape index (κ2) is 5.00. The summed E-state index contributed by atoms with van der Waals surface area (Å²) in [7, 11) is 0. The predicted molar refractivity (Wildman–Crippen MR) is 80.9 cm³/mol. The van der Waals surface area contributed by atoms with E-state index in [0.717, 1.165) is 10.9 Å². The molecule has 0 unspecified atom stereocenters. The number of benzene rings is 1. The number of ether oxygens (including phenoxy) is 1. The van der Waals surface area contributed by atoms with Crippen LogP contribution >= 0.6 is 0 Å². The molecule has 0 saturated carbocycles. The number of nitrogens with zero attached hydrogens (tertiary/aromatic N) is 2. The SMILES string of the molecule is CC1(C)CN(c2nc3ccccc3cc2C(=O)O)CCO1. The summed E-state index contributed by atoms with van der Waals surface area (Å²) < 4.78 is 5.69. The van der Waals surface area contributed by atoms with Crippen molar-refractivity contribution < 1.29 is 14.6 Å². The molecule has 1 aromatic heterocycles. The number of aromatic carboxylic acids is 1. The van der Waals surface area contributed by atoms with Gasteiger partial charge in [-0.15, -0.1) is 0 Å². The van der Waals surface area contributed by atoms with Crippen LogP contribution in [0.5, 0.6) is 0 Å². The van der Waals surface area contributed by atoms with Crippen LogP contribution in [0.25, 0.3) is 10.9 Å². The Hall–Kier alpha value is -2.14. The van der Waals surface area contributed by atoms with E-state index in [1.54, 1.807) is 6.07 Å². The maximum atomic E-state index is 11.6. The zero-order chi connectivity index (χ0) is 15.0. The van der Waals surface area contributed by atoms with Crippen molar-refractivity contribution in [1.82, 2.24) is 4.98 Å². The third-order valence-corrected chi connectivity index (χ3v) is 3.66. The summed E-state index contributed by atoms with van der Waals surface area (Å²) >= 11 is 0. The van der Waals surface area contributed by atoms with E-state index in [2.05, 4.69) is 4.98 Å². The van der Waals surface area contributed by atoms with Gasteiger partial charge in [-0.2, -0.15) is 0 Å². The first-order valence-corrected chi connectivity index (χ1v) is 6.98. The van der Waals surface area contributed by atoms with Gasteiger partial charge in [0.2, 0.25) is 0 Å². The van der Waals surface area contributed by atoms with Gasteiger partial charge in [0, 0.05) is 18.5 Å². The summed E-state index contributed by atoms with van der Waals surface area (Å²) in [6, 6.07) is 9.26. The molecule has 1 aliphatic heterocycles. The number of anilines is 1. The Balaban J connectivity index is 2.11. The van der Waals surface area contributed by atoms with Crippen molar-refractivity contribution in [3.05, 3.63) is 35.9 Å². The van der Waals surface area contributed by atoms with Crippen molar-refractivity contribution >= 4 is 22.7 Å². The van der Waals surface area contributed by atoms with Crippen LogP contribution in [0.2, 0.25) is 0 Å². The van der Waals surface area contributed by atoms with Crippen molar-refractivity contribution in [3.8, 4) is 0 Å². The fourth-order valence-electron chi connectivity index (χ4n) is 2.70. The highest BCUT2D eigenvalue weighted by Gasteiger charge is 2.30. The number of carboxylic acids is 1. The summed E-state index contributed by atoms with van der Waals surface area (Å²) in [5.74, 6) is -0.426. The van der Waals surface area contributed by atoms with Crippen molar-refractivity contribution in [2.45, 2.75) is 19.4 Å². The first kappa shape index (κ1) is 13.8. The van der Waals surface area contributed by atoms with Crippen molar-refractivity contribution in [1.29, 1.82) is 0 Å². The molecule has 0 bridgehead atoms. The first-order valence-electron chi connectivity index (χ1n) is 6.98. The van der Waals surface area contributed by atoms with Crippen LogP contribution in [0.15, 0.2) is 30.3 Å². The second-order valence-corrected chi connectivity index (χ2v) is 5.89. The normalized spacial score (nSPS) is 17.9. The van der Waals surface area contributed by atoms with E-state index in [1.165, 1.54) is 0 Å². The maximum Gasteiger partial charge on any atom is 0.339 e. The van der Waals surface area contributed by atoms with Crippen molar-refractivity contribution in [2.75, 3.05) is 24.6 Å². The number of pyridine rings is 1. The lowest BCUT2D eigenvalue weighted by atomic mass is 10.1. The van der Waals surface area contributed by atoms with Crippen LogP contribution in [0, 0.1) is 0 Å². The minimum absolute atomic E-state index is 0.242. The molecular formula is C16H18N2O3. The molecule has 3 rings (SSSR count). The molecule has 1 aromatic carbocycles. The van der Waals surface area contributed by atoms with Crippen LogP contribution < -0.4 is 4.90 Å².